The van der Waals surface area contributed by atoms with E-state index in [0.29, 0.717) is 24.8 Å². The third kappa shape index (κ3) is 3.07. The van der Waals surface area contributed by atoms with E-state index in [-0.39, 0.29) is 10.6 Å². The van der Waals surface area contributed by atoms with E-state index in [0.717, 1.165) is 19.3 Å². The molecule has 0 radical (unpaired) electrons. The van der Waals surface area contributed by atoms with Gasteiger partial charge in [0.2, 0.25) is 10.0 Å². The summed E-state index contributed by atoms with van der Waals surface area (Å²) in [6, 6.07) is 4.70. The van der Waals surface area contributed by atoms with Gasteiger partial charge in [0.05, 0.1) is 12.8 Å². The smallest absolute Gasteiger partial charge is 0.245 e. The summed E-state index contributed by atoms with van der Waals surface area (Å²) in [4.78, 5) is 0.174. The number of ether oxygens (including phenoxy) is 1. The van der Waals surface area contributed by atoms with Crippen LogP contribution in [0.2, 0.25) is 0 Å². The van der Waals surface area contributed by atoms with Gasteiger partial charge in [-0.2, -0.15) is 4.31 Å². The van der Waals surface area contributed by atoms with Crippen molar-refractivity contribution in [2.75, 3.05) is 25.9 Å². The predicted octanol–water partition coefficient (Wildman–Crippen LogP) is 2.09. The fourth-order valence-electron chi connectivity index (χ4n) is 2.50. The van der Waals surface area contributed by atoms with Gasteiger partial charge in [-0.05, 0) is 37.3 Å². The number of nitrogens with zero attached hydrogens (tertiary/aromatic N) is 1. The maximum absolute atomic E-state index is 12.7. The molecular formula is C14H22N2O3S. The summed E-state index contributed by atoms with van der Waals surface area (Å²) in [6.45, 7) is 3.30. The summed E-state index contributed by atoms with van der Waals surface area (Å²) in [7, 11) is -1.98. The van der Waals surface area contributed by atoms with E-state index in [2.05, 4.69) is 6.92 Å². The van der Waals surface area contributed by atoms with Crippen LogP contribution in [0.25, 0.3) is 0 Å². The first-order chi connectivity index (χ1) is 9.45. The molecule has 1 atom stereocenters. The Morgan fingerprint density at radius 2 is 2.05 bits per heavy atom. The second kappa shape index (κ2) is 6.01. The van der Waals surface area contributed by atoms with Crippen LogP contribution in [0.3, 0.4) is 0 Å². The molecular weight excluding hydrogens is 276 g/mol. The standard InChI is InChI=1S/C14H22N2O3S/c1-11-4-3-8-16(9-7-11)20(17,18)14-6-5-12(19-2)10-13(14)15/h5-6,10-11H,3-4,7-9,15H2,1-2H3. The molecule has 1 fully saturated rings. The predicted molar refractivity (Wildman–Crippen MR) is 79.2 cm³/mol. The number of sulfonamides is 1. The Hall–Kier alpha value is -1.27. The van der Waals surface area contributed by atoms with Gasteiger partial charge in [0.25, 0.3) is 0 Å². The van der Waals surface area contributed by atoms with Gasteiger partial charge in [-0.1, -0.05) is 6.92 Å². The van der Waals surface area contributed by atoms with Gasteiger partial charge in [0.15, 0.2) is 0 Å². The maximum atomic E-state index is 12.7. The fraction of sp³-hybridized carbons (Fsp3) is 0.571. The molecule has 1 aliphatic rings. The number of benzene rings is 1. The van der Waals surface area contributed by atoms with E-state index in [1.807, 2.05) is 0 Å². The second-order valence-corrected chi connectivity index (χ2v) is 7.25. The van der Waals surface area contributed by atoms with Crippen molar-refractivity contribution < 1.29 is 13.2 Å². The summed E-state index contributed by atoms with van der Waals surface area (Å²) in [5.41, 5.74) is 6.11. The number of anilines is 1. The van der Waals surface area contributed by atoms with Crippen LogP contribution in [0.4, 0.5) is 5.69 Å². The quantitative estimate of drug-likeness (QED) is 0.867. The van der Waals surface area contributed by atoms with Gasteiger partial charge in [-0.3, -0.25) is 0 Å². The topological polar surface area (TPSA) is 72.6 Å². The molecule has 0 aliphatic carbocycles. The summed E-state index contributed by atoms with van der Waals surface area (Å²) in [6.07, 6.45) is 2.87. The highest BCUT2D eigenvalue weighted by molar-refractivity contribution is 7.89. The molecule has 1 heterocycles. The van der Waals surface area contributed by atoms with Crippen molar-refractivity contribution in [2.24, 2.45) is 5.92 Å². The van der Waals surface area contributed by atoms with E-state index < -0.39 is 10.0 Å². The van der Waals surface area contributed by atoms with E-state index in [1.165, 1.54) is 13.2 Å². The Labute approximate surface area is 120 Å². The summed E-state index contributed by atoms with van der Waals surface area (Å²) in [5, 5.41) is 0. The minimum absolute atomic E-state index is 0.174. The van der Waals surface area contributed by atoms with Crippen molar-refractivity contribution in [3.05, 3.63) is 18.2 Å². The van der Waals surface area contributed by atoms with Crippen LogP contribution in [0.15, 0.2) is 23.1 Å². The van der Waals surface area contributed by atoms with Crippen LogP contribution < -0.4 is 10.5 Å². The van der Waals surface area contributed by atoms with Crippen LogP contribution in [-0.4, -0.2) is 32.9 Å². The maximum Gasteiger partial charge on any atom is 0.245 e. The SMILES string of the molecule is COc1ccc(S(=O)(=O)N2CCCC(C)CC2)c(N)c1. The van der Waals surface area contributed by atoms with Gasteiger partial charge >= 0.3 is 0 Å². The normalized spacial score (nSPS) is 21.4. The average molecular weight is 298 g/mol. The highest BCUT2D eigenvalue weighted by atomic mass is 32.2. The Bertz CT molecular complexity index is 572. The number of hydrogen-bond donors (Lipinski definition) is 1. The third-order valence-corrected chi connectivity index (χ3v) is 5.78. The summed E-state index contributed by atoms with van der Waals surface area (Å²) in [5.74, 6) is 1.13. The zero-order chi connectivity index (χ0) is 14.8. The highest BCUT2D eigenvalue weighted by Crippen LogP contribution is 2.28. The molecule has 2 N–H and O–H groups in total. The molecule has 1 unspecified atom stereocenters. The average Bonchev–Trinajstić information content (AvgIpc) is 2.63. The molecule has 20 heavy (non-hydrogen) atoms. The zero-order valence-electron chi connectivity index (χ0n) is 12.0. The van der Waals surface area contributed by atoms with Crippen LogP contribution in [0, 0.1) is 5.92 Å². The van der Waals surface area contributed by atoms with E-state index in [9.17, 15) is 8.42 Å². The van der Waals surface area contributed by atoms with Gasteiger partial charge in [-0.15, -0.1) is 0 Å². The molecule has 0 saturated carbocycles. The molecule has 5 nitrogen and oxygen atoms in total. The van der Waals surface area contributed by atoms with Gasteiger partial charge in [-0.25, -0.2) is 8.42 Å². The molecule has 0 spiro atoms. The van der Waals surface area contributed by atoms with E-state index in [1.54, 1.807) is 16.4 Å². The second-order valence-electron chi connectivity index (χ2n) is 5.34. The van der Waals surface area contributed by atoms with Crippen molar-refractivity contribution in [1.29, 1.82) is 0 Å². The lowest BCUT2D eigenvalue weighted by atomic mass is 10.0. The first kappa shape index (κ1) is 15.1. The van der Waals surface area contributed by atoms with Crippen LogP contribution in [-0.2, 0) is 10.0 Å². The van der Waals surface area contributed by atoms with Crippen molar-refractivity contribution >= 4 is 15.7 Å². The summed E-state index contributed by atoms with van der Waals surface area (Å²) < 4.78 is 31.9. The molecule has 0 bridgehead atoms. The van der Waals surface area contributed by atoms with Crippen molar-refractivity contribution in [3.8, 4) is 5.75 Å². The molecule has 1 saturated heterocycles. The molecule has 6 heteroatoms. The molecule has 0 amide bonds. The van der Waals surface area contributed by atoms with Crippen LogP contribution in [0.1, 0.15) is 26.2 Å². The first-order valence-electron chi connectivity index (χ1n) is 6.89. The van der Waals surface area contributed by atoms with Crippen molar-refractivity contribution in [1.82, 2.24) is 4.31 Å². The molecule has 1 aromatic rings. The minimum Gasteiger partial charge on any atom is -0.497 e. The molecule has 112 valence electrons. The third-order valence-electron chi connectivity index (χ3n) is 3.81. The fourth-order valence-corrected chi connectivity index (χ4v) is 4.09. The minimum atomic E-state index is -3.51. The van der Waals surface area contributed by atoms with E-state index >= 15 is 0 Å². The molecule has 1 aliphatic heterocycles. The lowest BCUT2D eigenvalue weighted by Crippen LogP contribution is -2.32. The molecule has 0 aromatic heterocycles. The van der Waals surface area contributed by atoms with Gasteiger partial charge in [0, 0.05) is 19.2 Å². The number of rotatable bonds is 3. The monoisotopic (exact) mass is 298 g/mol. The zero-order valence-corrected chi connectivity index (χ0v) is 12.8. The number of nitrogen functional groups attached to an aromatic ring is 1. The first-order valence-corrected chi connectivity index (χ1v) is 8.33. The summed E-state index contributed by atoms with van der Waals surface area (Å²) >= 11 is 0. The van der Waals surface area contributed by atoms with Gasteiger partial charge < -0.3 is 10.5 Å². The lowest BCUT2D eigenvalue weighted by Gasteiger charge is -2.21. The largest absolute Gasteiger partial charge is 0.497 e. The van der Waals surface area contributed by atoms with Crippen molar-refractivity contribution in [2.45, 2.75) is 31.1 Å². The Kier molecular flexibility index (Phi) is 4.55. The highest BCUT2D eigenvalue weighted by Gasteiger charge is 2.28. The Morgan fingerprint density at radius 1 is 1.30 bits per heavy atom. The Balaban J connectivity index is 2.30. The Morgan fingerprint density at radius 3 is 2.70 bits per heavy atom. The van der Waals surface area contributed by atoms with Gasteiger partial charge in [0.1, 0.15) is 10.6 Å². The lowest BCUT2D eigenvalue weighted by molar-refractivity contribution is 0.412. The molecule has 1 aromatic carbocycles. The number of methoxy groups -OCH3 is 1. The van der Waals surface area contributed by atoms with Crippen LogP contribution in [0.5, 0.6) is 5.75 Å². The molecule has 2 rings (SSSR count). The van der Waals surface area contributed by atoms with Crippen molar-refractivity contribution in [3.63, 3.8) is 0 Å². The van der Waals surface area contributed by atoms with E-state index in [4.69, 9.17) is 10.5 Å². The van der Waals surface area contributed by atoms with Crippen LogP contribution >= 0.6 is 0 Å². The number of hydrogen-bond acceptors (Lipinski definition) is 4. The number of nitrogens with two attached hydrogens (primary N) is 1.